The Bertz CT molecular complexity index is 1380. The lowest BCUT2D eigenvalue weighted by atomic mass is 10.0. The molecule has 1 aliphatic heterocycles. The van der Waals surface area contributed by atoms with Gasteiger partial charge in [0.05, 0.1) is 18.5 Å². The molecule has 13 heteroatoms. The van der Waals surface area contributed by atoms with E-state index in [2.05, 4.69) is 43.1 Å². The monoisotopic (exact) mass is 590 g/mol. The largest absolute Gasteiger partial charge is 0.495 e. The Kier molecular flexibility index (Phi) is 9.55. The quantitative estimate of drug-likeness (QED) is 0.213. The van der Waals surface area contributed by atoms with Gasteiger partial charge in [0, 0.05) is 17.8 Å². The van der Waals surface area contributed by atoms with E-state index < -0.39 is 21.9 Å². The smallest absolute Gasteiger partial charge is 0.290 e. The number of hydrogen-bond acceptors (Lipinski definition) is 8. The third kappa shape index (κ3) is 7.65. The number of nitrogens with one attached hydrogen (secondary N) is 3. The molecule has 2 unspecified atom stereocenters. The number of aromatic nitrogens is 2. The van der Waals surface area contributed by atoms with E-state index >= 15 is 0 Å². The van der Waals surface area contributed by atoms with Crippen molar-refractivity contribution >= 4 is 49.0 Å². The molecule has 0 saturated carbocycles. The summed E-state index contributed by atoms with van der Waals surface area (Å²) in [6.07, 6.45) is 4.67. The van der Waals surface area contributed by atoms with Gasteiger partial charge in [0.15, 0.2) is 5.75 Å². The second-order valence-corrected chi connectivity index (χ2v) is 11.7. The van der Waals surface area contributed by atoms with Crippen molar-refractivity contribution in [3.05, 3.63) is 59.8 Å². The number of ether oxygens (including phenoxy) is 2. The van der Waals surface area contributed by atoms with Crippen LogP contribution in [-0.2, 0) is 5.66 Å². The Morgan fingerprint density at radius 2 is 1.90 bits per heavy atom. The lowest BCUT2D eigenvalue weighted by Gasteiger charge is -2.29. The maximum absolute atomic E-state index is 14.4. The Hall–Kier alpha value is -3.34. The molecule has 3 N–H and O–H groups in total. The second kappa shape index (κ2) is 12.9. The summed E-state index contributed by atoms with van der Waals surface area (Å²) >= 11 is 0. The first kappa shape index (κ1) is 29.6. The lowest BCUT2D eigenvalue weighted by molar-refractivity contribution is 0.0916. The van der Waals surface area contributed by atoms with Crippen molar-refractivity contribution in [3.8, 4) is 17.4 Å². The van der Waals surface area contributed by atoms with Crippen molar-refractivity contribution in [2.24, 2.45) is 0 Å². The number of rotatable bonds is 10. The lowest BCUT2D eigenvalue weighted by Crippen LogP contribution is -2.43. The van der Waals surface area contributed by atoms with Crippen LogP contribution in [0.25, 0.3) is 0 Å². The Morgan fingerprint density at radius 3 is 2.58 bits per heavy atom. The SMILES string of the molecule is C=S(C)Nc1ccccc1Oc1nc(Nc2ccc(C(=O)NC3CCN(C)CC3)cc2OC)ncc1C(F)(F)P. The molecular formula is C27H33F2N6O3PS. The highest BCUT2D eigenvalue weighted by Gasteiger charge is 2.32. The van der Waals surface area contributed by atoms with E-state index in [1.54, 1.807) is 42.5 Å². The average molecular weight is 591 g/mol. The molecule has 4 rings (SSSR count). The van der Waals surface area contributed by atoms with E-state index in [1.807, 2.05) is 6.26 Å². The number of hydrogen-bond donors (Lipinski definition) is 3. The highest BCUT2D eigenvalue weighted by molar-refractivity contribution is 8.14. The van der Waals surface area contributed by atoms with Crippen molar-refractivity contribution < 1.29 is 23.0 Å². The van der Waals surface area contributed by atoms with Crippen LogP contribution in [0.15, 0.2) is 48.7 Å². The number of anilines is 3. The van der Waals surface area contributed by atoms with Crippen LogP contribution in [0.5, 0.6) is 17.4 Å². The first-order chi connectivity index (χ1) is 19.0. The maximum Gasteiger partial charge on any atom is 0.290 e. The average Bonchev–Trinajstić information content (AvgIpc) is 2.90. The molecule has 2 aromatic carbocycles. The minimum Gasteiger partial charge on any atom is -0.495 e. The van der Waals surface area contributed by atoms with Crippen molar-refractivity contribution in [2.75, 3.05) is 43.5 Å². The molecule has 0 bridgehead atoms. The van der Waals surface area contributed by atoms with Crippen molar-refractivity contribution in [1.29, 1.82) is 0 Å². The van der Waals surface area contributed by atoms with Gasteiger partial charge in [0.2, 0.25) is 11.8 Å². The standard InChI is InChI=1S/C27H33F2N6O3PS/c1-35-13-11-18(12-14-35)31-24(36)17-9-10-20(23(15-17)37-2)32-26-30-16-19(27(28,29)39)25(33-26)38-22-8-6-5-7-21(22)34-40(3)4/h5-10,15-16,18,34H,3,11-14,39H2,1-2,4H3,(H,31,36)(H,30,32,33). The molecule has 40 heavy (non-hydrogen) atoms. The van der Waals surface area contributed by atoms with Crippen LogP contribution in [-0.4, -0.2) is 66.2 Å². The number of likely N-dealkylation sites (tertiary alicyclic amines) is 1. The molecule has 214 valence electrons. The molecule has 1 amide bonds. The van der Waals surface area contributed by atoms with Gasteiger partial charge in [-0.2, -0.15) is 13.8 Å². The molecule has 1 aromatic heterocycles. The number of amides is 1. The summed E-state index contributed by atoms with van der Waals surface area (Å²) in [6.45, 7) is 1.86. The molecule has 3 aromatic rings. The van der Waals surface area contributed by atoms with Crippen molar-refractivity contribution in [3.63, 3.8) is 0 Å². The van der Waals surface area contributed by atoms with Crippen LogP contribution in [0.3, 0.4) is 0 Å². The molecule has 2 heterocycles. The fourth-order valence-electron chi connectivity index (χ4n) is 4.14. The van der Waals surface area contributed by atoms with E-state index in [4.69, 9.17) is 9.47 Å². The van der Waals surface area contributed by atoms with E-state index in [0.29, 0.717) is 28.4 Å². The van der Waals surface area contributed by atoms with Gasteiger partial charge in [-0.05, 0) is 69.6 Å². The topological polar surface area (TPSA) is 101 Å². The number of carbonyl (C=O) groups is 1. The van der Waals surface area contributed by atoms with E-state index in [0.717, 1.165) is 32.1 Å². The van der Waals surface area contributed by atoms with Crippen LogP contribution < -0.4 is 24.8 Å². The summed E-state index contributed by atoms with van der Waals surface area (Å²) in [5, 5.41) is 6.07. The summed E-state index contributed by atoms with van der Waals surface area (Å²) in [6, 6.07) is 12.0. The third-order valence-corrected chi connectivity index (χ3v) is 7.13. The molecule has 1 saturated heterocycles. The summed E-state index contributed by atoms with van der Waals surface area (Å²) in [5.41, 5.74) is -2.36. The number of para-hydroxylation sites is 2. The number of alkyl halides is 2. The van der Waals surface area contributed by atoms with Crippen molar-refractivity contribution in [1.82, 2.24) is 20.2 Å². The van der Waals surface area contributed by atoms with Gasteiger partial charge in [-0.3, -0.25) is 4.79 Å². The Morgan fingerprint density at radius 1 is 1.18 bits per heavy atom. The molecule has 0 radical (unpaired) electrons. The normalized spacial score (nSPS) is 15.2. The van der Waals surface area contributed by atoms with E-state index in [1.165, 1.54) is 16.3 Å². The summed E-state index contributed by atoms with van der Waals surface area (Å²) in [7, 11) is 4.60. The van der Waals surface area contributed by atoms with Gasteiger partial charge in [0.1, 0.15) is 11.3 Å². The summed E-state index contributed by atoms with van der Waals surface area (Å²) < 4.78 is 43.3. The summed E-state index contributed by atoms with van der Waals surface area (Å²) in [4.78, 5) is 23.4. The molecule has 2 atom stereocenters. The molecular weight excluding hydrogens is 557 g/mol. The second-order valence-electron chi connectivity index (χ2n) is 9.46. The van der Waals surface area contributed by atoms with E-state index in [9.17, 15) is 13.6 Å². The minimum absolute atomic E-state index is 0.00710. The Labute approximate surface area is 237 Å². The van der Waals surface area contributed by atoms with Crippen LogP contribution in [0.1, 0.15) is 28.8 Å². The highest BCUT2D eigenvalue weighted by atomic mass is 32.2. The molecule has 1 fully saturated rings. The van der Waals surface area contributed by atoms with Crippen LogP contribution in [0.4, 0.5) is 26.1 Å². The van der Waals surface area contributed by atoms with Gasteiger partial charge in [-0.25, -0.2) is 4.98 Å². The zero-order valence-electron chi connectivity index (χ0n) is 22.5. The zero-order valence-corrected chi connectivity index (χ0v) is 24.5. The maximum atomic E-state index is 14.4. The zero-order chi connectivity index (χ0) is 28.9. The number of methoxy groups -OCH3 is 1. The fraction of sp³-hybridized carbons (Fsp3) is 0.333. The van der Waals surface area contributed by atoms with Crippen LogP contribution >= 0.6 is 19.9 Å². The molecule has 0 spiro atoms. The van der Waals surface area contributed by atoms with Crippen LogP contribution in [0, 0.1) is 0 Å². The predicted octanol–water partition coefficient (Wildman–Crippen LogP) is 5.43. The van der Waals surface area contributed by atoms with Crippen LogP contribution in [0.2, 0.25) is 0 Å². The molecule has 9 nitrogen and oxygen atoms in total. The molecule has 0 aliphatic carbocycles. The summed E-state index contributed by atoms with van der Waals surface area (Å²) in [5.74, 6) is 4.10. The fourth-order valence-corrected chi connectivity index (χ4v) is 4.88. The number of benzene rings is 2. The Balaban J connectivity index is 1.57. The van der Waals surface area contributed by atoms with Gasteiger partial charge in [-0.1, -0.05) is 27.2 Å². The number of carbonyl (C=O) groups excluding carboxylic acids is 1. The first-order valence-corrected chi connectivity index (χ1v) is 14.9. The van der Waals surface area contributed by atoms with E-state index in [-0.39, 0.29) is 23.8 Å². The third-order valence-electron chi connectivity index (χ3n) is 6.25. The van der Waals surface area contributed by atoms with Gasteiger partial charge in [0.25, 0.3) is 11.6 Å². The highest BCUT2D eigenvalue weighted by Crippen LogP contribution is 2.42. The number of halogens is 2. The first-order valence-electron chi connectivity index (χ1n) is 12.5. The number of nitrogens with zero attached hydrogens (tertiary/aromatic N) is 3. The van der Waals surface area contributed by atoms with Gasteiger partial charge in [-0.15, -0.1) is 10.7 Å². The van der Waals surface area contributed by atoms with Crippen molar-refractivity contribution in [2.45, 2.75) is 24.5 Å². The molecule has 1 aliphatic rings. The predicted molar refractivity (Wildman–Crippen MR) is 161 cm³/mol. The number of piperidine rings is 1. The van der Waals surface area contributed by atoms with Gasteiger partial charge < -0.3 is 29.7 Å². The van der Waals surface area contributed by atoms with Gasteiger partial charge >= 0.3 is 0 Å². The minimum atomic E-state index is -3.34.